The van der Waals surface area contributed by atoms with Gasteiger partial charge in [0.05, 0.1) is 51.2 Å². The van der Waals surface area contributed by atoms with Gasteiger partial charge in [0.1, 0.15) is 22.0 Å². The minimum Gasteiger partial charge on any atom is -0.260 e. The molecular weight excluding hydrogens is 1660 g/mol. The number of fused-ring (bicyclic) bond motifs is 9. The molecule has 12 nitrogen and oxygen atoms in total. The number of hydrogen-bond donors (Lipinski definition) is 0. The number of pyridine rings is 6. The first kappa shape index (κ1) is 83.0. The average Bonchev–Trinajstić information content (AvgIpc) is 1.58. The Morgan fingerprint density at radius 1 is 0.288 bits per heavy atom. The number of benzene rings is 9. The van der Waals surface area contributed by atoms with Gasteiger partial charge in [-0.2, -0.15) is 10.0 Å². The van der Waals surface area contributed by atoms with E-state index in [2.05, 4.69) is 406 Å². The zero-order valence-corrected chi connectivity index (χ0v) is 78.3. The van der Waals surface area contributed by atoms with Gasteiger partial charge in [0.2, 0.25) is 0 Å². The standard InChI is InChI=1S/C117H98N12SSi2/c1-73(55-88-109(76-37-19-10-20-38-76)124-115(82-49-31-16-32-50-82)125-110(88)77-39-21-11-22-40-77)97-61-103-91(67-118-97)92-68-121-100(62-104(92)130(103,4)5)85-58-86(101-65-107-95(71-122-101)93-69-119-98(63-105(93)131(107,6)7)74(2)56-89-111(78-41-23-12-24-42-78)126-116(83-51-33-17-34-52-83)127-112(89)79-43-25-13-26-44-79)60-87(59-85)102-66-108-96(72-123-102)94-70-120-99(64-106(94)132(108,8)9)75(3)57-90-113(80-45-27-14-28-46-80)128-117(84-53-35-18-36-54-84)129-114(90)81-47-29-15-30-48-81/h10-49,51-54,58-75,82H,50,55-57H2,1-9H3. The molecule has 0 amide bonds. The van der Waals surface area contributed by atoms with Crippen LogP contribution in [0.15, 0.2) is 369 Å². The Labute approximate surface area is 775 Å². The second-order valence-corrected chi connectivity index (χ2v) is 49.4. The minimum absolute atomic E-state index is 0.00900. The first-order valence-corrected chi connectivity index (χ1v) is 54.3. The quantitative estimate of drug-likeness (QED) is 0.0629. The molecule has 0 saturated carbocycles. The molecule has 0 spiro atoms. The monoisotopic (exact) mass is 1760 g/mol. The number of aromatic nitrogens is 12. The molecule has 12 heterocycles. The minimum atomic E-state index is -2.46. The molecule has 9 aromatic heterocycles. The number of allylic oxidation sites excluding steroid dienone is 4. The van der Waals surface area contributed by atoms with Crippen LogP contribution in [0.3, 0.4) is 0 Å². The summed E-state index contributed by atoms with van der Waals surface area (Å²) in [7, 11) is -6.56. The number of nitrogens with zero attached hydrogens (tertiary/aromatic N) is 12. The van der Waals surface area contributed by atoms with Gasteiger partial charge in [0.15, 0.2) is 11.6 Å². The Hall–Kier alpha value is -14.6. The van der Waals surface area contributed by atoms with E-state index in [9.17, 15) is 0 Å². The topological polar surface area (TPSA) is 155 Å². The fourth-order valence-corrected chi connectivity index (χ4v) is 28.9. The lowest BCUT2D eigenvalue weighted by molar-refractivity contribution is 0.716. The highest BCUT2D eigenvalue weighted by atomic mass is 32.3. The molecule has 22 rings (SSSR count). The highest BCUT2D eigenvalue weighted by molar-refractivity contribution is 8.33. The molecule has 0 radical (unpaired) electrons. The average molecular weight is 1760 g/mol. The highest BCUT2D eigenvalue weighted by Crippen LogP contribution is 2.68. The third-order valence-corrected chi connectivity index (χ3v) is 37.6. The summed E-state index contributed by atoms with van der Waals surface area (Å²) in [5.74, 6) is 2.34. The van der Waals surface area contributed by atoms with E-state index >= 15 is 0 Å². The van der Waals surface area contributed by atoms with Gasteiger partial charge in [-0.25, -0.2) is 29.9 Å². The first-order valence-electron chi connectivity index (χ1n) is 45.8. The lowest BCUT2D eigenvalue weighted by atomic mass is 9.90. The molecule has 0 saturated heterocycles. The Balaban J connectivity index is 0.618. The van der Waals surface area contributed by atoms with E-state index in [0.717, 1.165) is 192 Å². The molecule has 9 aromatic carbocycles. The third kappa shape index (κ3) is 15.2. The van der Waals surface area contributed by atoms with E-state index in [-0.39, 0.29) is 23.7 Å². The van der Waals surface area contributed by atoms with Crippen LogP contribution in [0.25, 0.3) is 157 Å². The zero-order chi connectivity index (χ0) is 89.5. The molecule has 4 unspecified atom stereocenters. The molecule has 4 aliphatic rings. The fraction of sp³-hybridized carbons (Fsp3) is 0.145. The molecule has 18 aromatic rings. The van der Waals surface area contributed by atoms with Gasteiger partial charge in [-0.3, -0.25) is 29.9 Å². The lowest BCUT2D eigenvalue weighted by Crippen LogP contribution is -2.49. The van der Waals surface area contributed by atoms with E-state index in [0.29, 0.717) is 30.9 Å². The maximum Gasteiger partial charge on any atom is 0.160 e. The lowest BCUT2D eigenvalue weighted by Gasteiger charge is -2.29. The largest absolute Gasteiger partial charge is 0.260 e. The van der Waals surface area contributed by atoms with Crippen LogP contribution >= 0.6 is 10.0 Å². The normalized spacial score (nSPS) is 15.3. The van der Waals surface area contributed by atoms with Gasteiger partial charge < -0.3 is 0 Å². The molecule has 4 atom stereocenters. The van der Waals surface area contributed by atoms with E-state index in [1.807, 2.05) is 12.1 Å². The summed E-state index contributed by atoms with van der Waals surface area (Å²) in [6.45, 7) is 16.9. The summed E-state index contributed by atoms with van der Waals surface area (Å²) >= 11 is 0. The van der Waals surface area contributed by atoms with Crippen molar-refractivity contribution in [1.82, 2.24) is 59.8 Å². The Morgan fingerprint density at radius 3 is 0.886 bits per heavy atom. The van der Waals surface area contributed by atoms with Crippen LogP contribution in [0, 0.1) is 0 Å². The molecule has 0 N–H and O–H groups in total. The maximum absolute atomic E-state index is 5.53. The van der Waals surface area contributed by atoms with Gasteiger partial charge in [-0.05, 0) is 114 Å². The molecule has 15 heteroatoms. The summed E-state index contributed by atoms with van der Waals surface area (Å²) in [5, 5.41) is 5.39. The van der Waals surface area contributed by atoms with Crippen molar-refractivity contribution in [3.05, 3.63) is 398 Å². The van der Waals surface area contributed by atoms with Gasteiger partial charge in [0.25, 0.3) is 0 Å². The van der Waals surface area contributed by atoms with Crippen molar-refractivity contribution in [3.8, 4) is 157 Å². The van der Waals surface area contributed by atoms with Crippen molar-refractivity contribution in [3.63, 3.8) is 0 Å². The van der Waals surface area contributed by atoms with E-state index in [1.165, 1.54) is 30.5 Å². The SMILES string of the molecule is CC(Cc1c(-c2ccccc2)nc(-c2ccccc2)nc1-c1ccccc1)c1cc2c(cn1)-c1cnc(-c3cc(-c4cc5c(cn4)-c4cnc(C(C)Cc6c(-c7ccccc7)nc(-c7ccccc7)nc6-c6ccccc6)cc4[Si]5(C)C)cc(-c4cc5c(cn4)-c4cnc(C(C)Cc6c(-c7ccccc7)nc(C7C=CC=CC7)nc6-c6ccccc6)cc4S5(C)C)c3)cc1[Si]2(C)C. The molecule has 0 bridgehead atoms. The summed E-state index contributed by atoms with van der Waals surface area (Å²) < 4.78 is 0. The maximum atomic E-state index is 5.53. The predicted octanol–water partition coefficient (Wildman–Crippen LogP) is 25.5. The van der Waals surface area contributed by atoms with Crippen LogP contribution in [0.1, 0.15) is 90.5 Å². The van der Waals surface area contributed by atoms with Crippen molar-refractivity contribution in [1.29, 1.82) is 0 Å². The van der Waals surface area contributed by atoms with Crippen LogP contribution in [0.2, 0.25) is 26.2 Å². The van der Waals surface area contributed by atoms with Gasteiger partial charge >= 0.3 is 0 Å². The van der Waals surface area contributed by atoms with Crippen molar-refractivity contribution >= 4 is 46.9 Å². The highest BCUT2D eigenvalue weighted by Gasteiger charge is 2.42. The van der Waals surface area contributed by atoms with Crippen molar-refractivity contribution in [2.45, 2.75) is 106 Å². The van der Waals surface area contributed by atoms with Gasteiger partial charge in [-0.15, -0.1) is 0 Å². The van der Waals surface area contributed by atoms with Crippen LogP contribution in [-0.4, -0.2) is 88.5 Å². The van der Waals surface area contributed by atoms with Gasteiger partial charge in [-0.1, -0.05) is 314 Å². The zero-order valence-electron chi connectivity index (χ0n) is 75.5. The first-order chi connectivity index (χ1) is 64.4. The smallest absolute Gasteiger partial charge is 0.160 e. The second kappa shape index (κ2) is 34.0. The molecule has 0 fully saturated rings. The van der Waals surface area contributed by atoms with Crippen LogP contribution < -0.4 is 20.7 Å². The van der Waals surface area contributed by atoms with E-state index in [4.69, 9.17) is 59.8 Å². The number of rotatable bonds is 21. The predicted molar refractivity (Wildman–Crippen MR) is 547 cm³/mol. The van der Waals surface area contributed by atoms with E-state index < -0.39 is 26.2 Å². The fourth-order valence-electron chi connectivity index (χ4n) is 20.3. The summed E-state index contributed by atoms with van der Waals surface area (Å²) in [5.41, 5.74) is 33.0. The van der Waals surface area contributed by atoms with E-state index in [1.54, 1.807) is 0 Å². The van der Waals surface area contributed by atoms with Crippen LogP contribution in [0.4, 0.5) is 0 Å². The Bertz CT molecular complexity index is 7080. The van der Waals surface area contributed by atoms with Crippen molar-refractivity contribution in [2.24, 2.45) is 0 Å². The number of hydrogen-bond acceptors (Lipinski definition) is 12. The Kier molecular flexibility index (Phi) is 21.4. The van der Waals surface area contributed by atoms with Gasteiger partial charge in [0, 0.05) is 199 Å². The molecular formula is C117H98N12SSi2. The summed E-state index contributed by atoms with van der Waals surface area (Å²) in [6.07, 6.45) is 29.2. The molecule has 1 aliphatic carbocycles. The summed E-state index contributed by atoms with van der Waals surface area (Å²) in [6, 6.07) is 106. The van der Waals surface area contributed by atoms with Crippen molar-refractivity contribution < 1.29 is 0 Å². The summed E-state index contributed by atoms with van der Waals surface area (Å²) in [4.78, 5) is 68.1. The van der Waals surface area contributed by atoms with Crippen LogP contribution in [0.5, 0.6) is 0 Å². The Morgan fingerprint density at radius 2 is 0.561 bits per heavy atom. The van der Waals surface area contributed by atoms with Crippen molar-refractivity contribution in [2.75, 3.05) is 12.5 Å². The molecule has 640 valence electrons. The second-order valence-electron chi connectivity index (χ2n) is 37.2. The molecule has 132 heavy (non-hydrogen) atoms. The van der Waals surface area contributed by atoms with Crippen LogP contribution in [-0.2, 0) is 19.3 Å². The third-order valence-electron chi connectivity index (χ3n) is 27.6. The molecule has 3 aliphatic heterocycles.